The molecule has 0 atom stereocenters. The first-order valence-electron chi connectivity index (χ1n) is 7.78. The maximum Gasteiger partial charge on any atom is 0.206 e. The molecule has 0 saturated carbocycles. The van der Waals surface area contributed by atoms with Crippen molar-refractivity contribution in [1.29, 1.82) is 0 Å². The fourth-order valence-electron chi connectivity index (χ4n) is 2.13. The third kappa shape index (κ3) is 5.45. The molecule has 0 radical (unpaired) electrons. The van der Waals surface area contributed by atoms with Crippen LogP contribution >= 0.6 is 0 Å². The van der Waals surface area contributed by atoms with E-state index in [-0.39, 0.29) is 12.4 Å². The monoisotopic (exact) mass is 356 g/mol. The fraction of sp³-hybridized carbons (Fsp3) is 0.100. The highest BCUT2D eigenvalue weighted by atomic mass is 32.2. The number of aromatic hydroxyl groups is 1. The normalized spacial score (nSPS) is 10.6. The van der Waals surface area contributed by atoms with Crippen LogP contribution in [0, 0.1) is 0 Å². The van der Waals surface area contributed by atoms with Crippen molar-refractivity contribution in [3.8, 4) is 5.75 Å². The van der Waals surface area contributed by atoms with Gasteiger partial charge in [0.1, 0.15) is 5.75 Å². The van der Waals surface area contributed by atoms with Crippen LogP contribution in [0.2, 0.25) is 0 Å². The Morgan fingerprint density at radius 2 is 1.12 bits per heavy atom. The third-order valence-corrected chi connectivity index (χ3v) is 5.23. The molecule has 0 unspecified atom stereocenters. The van der Waals surface area contributed by atoms with Crippen LogP contribution in [0.1, 0.15) is 5.56 Å². The van der Waals surface area contributed by atoms with E-state index in [0.29, 0.717) is 16.2 Å². The molecule has 2 N–H and O–H groups in total. The van der Waals surface area contributed by atoms with Gasteiger partial charge < -0.3 is 10.2 Å². The molecule has 0 aliphatic carbocycles. The van der Waals surface area contributed by atoms with Gasteiger partial charge in [-0.15, -0.1) is 0 Å². The number of sulfone groups is 1. The van der Waals surface area contributed by atoms with Crippen molar-refractivity contribution in [1.82, 2.24) is 0 Å². The molecule has 130 valence electrons. The van der Waals surface area contributed by atoms with Crippen molar-refractivity contribution in [3.05, 3.63) is 90.5 Å². The van der Waals surface area contributed by atoms with E-state index in [0.717, 1.165) is 5.56 Å². The summed E-state index contributed by atoms with van der Waals surface area (Å²) in [6.07, 6.45) is 0.653. The molecule has 25 heavy (non-hydrogen) atoms. The van der Waals surface area contributed by atoms with Crippen LogP contribution < -0.4 is 0 Å². The molecular formula is C20H20O4S. The van der Waals surface area contributed by atoms with E-state index in [9.17, 15) is 8.42 Å². The number of phenols is 1. The molecular weight excluding hydrogens is 336 g/mol. The largest absolute Gasteiger partial charge is 0.508 e. The second-order valence-electron chi connectivity index (χ2n) is 5.27. The first-order chi connectivity index (χ1) is 12.0. The first-order valence-corrected chi connectivity index (χ1v) is 9.26. The Labute approximate surface area is 147 Å². The summed E-state index contributed by atoms with van der Waals surface area (Å²) in [5.74, 6) is 0.265. The Bertz CT molecular complexity index is 813. The Kier molecular flexibility index (Phi) is 6.74. The topological polar surface area (TPSA) is 74.6 Å². The Morgan fingerprint density at radius 1 is 0.680 bits per heavy atom. The first kappa shape index (κ1) is 18.7. The Hall–Kier alpha value is -2.63. The smallest absolute Gasteiger partial charge is 0.206 e. The predicted octanol–water partition coefficient (Wildman–Crippen LogP) is 3.45. The summed E-state index contributed by atoms with van der Waals surface area (Å²) in [6.45, 7) is 0.158. The molecule has 0 bridgehead atoms. The van der Waals surface area contributed by atoms with Crippen molar-refractivity contribution < 1.29 is 18.6 Å². The van der Waals surface area contributed by atoms with Gasteiger partial charge in [-0.2, -0.15) is 0 Å². The van der Waals surface area contributed by atoms with E-state index in [2.05, 4.69) is 0 Å². The molecule has 3 aromatic rings. The fourth-order valence-corrected chi connectivity index (χ4v) is 3.43. The lowest BCUT2D eigenvalue weighted by Crippen LogP contribution is -2.00. The van der Waals surface area contributed by atoms with Gasteiger partial charge in [0.05, 0.1) is 9.79 Å². The van der Waals surface area contributed by atoms with E-state index in [4.69, 9.17) is 10.2 Å². The predicted molar refractivity (Wildman–Crippen MR) is 97.2 cm³/mol. The molecule has 5 heteroatoms. The van der Waals surface area contributed by atoms with Crippen molar-refractivity contribution in [2.24, 2.45) is 0 Å². The second-order valence-corrected chi connectivity index (χ2v) is 7.22. The molecule has 4 nitrogen and oxygen atoms in total. The Morgan fingerprint density at radius 3 is 1.52 bits per heavy atom. The van der Waals surface area contributed by atoms with Crippen LogP contribution in [0.5, 0.6) is 5.75 Å². The number of phenolic OH excluding ortho intramolecular Hbond substituents is 1. The molecule has 0 aliphatic heterocycles. The second kappa shape index (κ2) is 9.01. The summed E-state index contributed by atoms with van der Waals surface area (Å²) in [6, 6.07) is 23.7. The van der Waals surface area contributed by atoms with Gasteiger partial charge >= 0.3 is 0 Å². The van der Waals surface area contributed by atoms with Gasteiger partial charge in [0.2, 0.25) is 9.84 Å². The SMILES string of the molecule is O=S(=O)(c1ccccc1)c1ccccc1.OCCc1ccc(O)cc1. The highest BCUT2D eigenvalue weighted by Crippen LogP contribution is 2.19. The lowest BCUT2D eigenvalue weighted by Gasteiger charge is -2.03. The standard InChI is InChI=1S/C12H10O2S.C8H10O2/c13-15(14,11-7-3-1-4-8-11)12-9-5-2-6-10-12;9-6-5-7-1-3-8(10)4-2-7/h1-10H;1-4,9-10H,5-6H2. The molecule has 0 fully saturated rings. The van der Waals surface area contributed by atoms with Crippen LogP contribution in [0.15, 0.2) is 94.7 Å². The molecule has 3 aromatic carbocycles. The number of benzene rings is 3. The summed E-state index contributed by atoms with van der Waals surface area (Å²) in [5.41, 5.74) is 1.04. The van der Waals surface area contributed by atoms with E-state index in [1.165, 1.54) is 0 Å². The summed E-state index contributed by atoms with van der Waals surface area (Å²) in [5, 5.41) is 17.4. The number of hydrogen-bond donors (Lipinski definition) is 2. The lowest BCUT2D eigenvalue weighted by molar-refractivity contribution is 0.299. The van der Waals surface area contributed by atoms with E-state index < -0.39 is 9.84 Å². The Balaban J connectivity index is 0.000000196. The van der Waals surface area contributed by atoms with Gasteiger partial charge in [0.15, 0.2) is 0 Å². The van der Waals surface area contributed by atoms with Gasteiger partial charge in [-0.05, 0) is 48.4 Å². The number of rotatable bonds is 4. The number of hydrogen-bond acceptors (Lipinski definition) is 4. The van der Waals surface area contributed by atoms with Crippen molar-refractivity contribution >= 4 is 9.84 Å². The van der Waals surface area contributed by atoms with Gasteiger partial charge in [0, 0.05) is 6.61 Å². The highest BCUT2D eigenvalue weighted by molar-refractivity contribution is 7.91. The maximum atomic E-state index is 12.0. The van der Waals surface area contributed by atoms with Gasteiger partial charge in [-0.3, -0.25) is 0 Å². The zero-order valence-corrected chi connectivity index (χ0v) is 14.4. The van der Waals surface area contributed by atoms with Crippen LogP contribution in [-0.4, -0.2) is 25.2 Å². The summed E-state index contributed by atoms with van der Waals surface area (Å²) in [4.78, 5) is 0.660. The van der Waals surface area contributed by atoms with Gasteiger partial charge in [-0.25, -0.2) is 8.42 Å². The minimum Gasteiger partial charge on any atom is -0.508 e. The summed E-state index contributed by atoms with van der Waals surface area (Å²) < 4.78 is 24.1. The molecule has 0 aliphatic rings. The van der Waals surface area contributed by atoms with E-state index in [1.54, 1.807) is 84.9 Å². The van der Waals surface area contributed by atoms with Crippen LogP contribution in [-0.2, 0) is 16.3 Å². The molecule has 0 amide bonds. The summed E-state index contributed by atoms with van der Waals surface area (Å²) >= 11 is 0. The lowest BCUT2D eigenvalue weighted by atomic mass is 10.2. The van der Waals surface area contributed by atoms with Crippen molar-refractivity contribution in [2.75, 3.05) is 6.61 Å². The quantitative estimate of drug-likeness (QED) is 0.751. The minimum atomic E-state index is -3.34. The highest BCUT2D eigenvalue weighted by Gasteiger charge is 2.15. The van der Waals surface area contributed by atoms with Gasteiger partial charge in [0.25, 0.3) is 0 Å². The van der Waals surface area contributed by atoms with Crippen molar-refractivity contribution in [2.45, 2.75) is 16.2 Å². The average Bonchev–Trinajstić information content (AvgIpc) is 2.66. The molecule has 3 rings (SSSR count). The minimum absolute atomic E-state index is 0.158. The van der Waals surface area contributed by atoms with Crippen LogP contribution in [0.3, 0.4) is 0 Å². The van der Waals surface area contributed by atoms with Gasteiger partial charge in [-0.1, -0.05) is 48.5 Å². The van der Waals surface area contributed by atoms with Crippen molar-refractivity contribution in [3.63, 3.8) is 0 Å². The summed E-state index contributed by atoms with van der Waals surface area (Å²) in [7, 11) is -3.34. The van der Waals surface area contributed by atoms with Crippen LogP contribution in [0.4, 0.5) is 0 Å². The molecule has 0 aromatic heterocycles. The number of aliphatic hydroxyl groups excluding tert-OH is 1. The third-order valence-electron chi connectivity index (χ3n) is 3.44. The van der Waals surface area contributed by atoms with E-state index in [1.807, 2.05) is 0 Å². The zero-order chi connectivity index (χ0) is 18.1. The van der Waals surface area contributed by atoms with E-state index >= 15 is 0 Å². The average molecular weight is 356 g/mol. The van der Waals surface area contributed by atoms with Crippen LogP contribution in [0.25, 0.3) is 0 Å². The maximum absolute atomic E-state index is 12.0. The zero-order valence-electron chi connectivity index (χ0n) is 13.6. The molecule has 0 saturated heterocycles. The molecule has 0 spiro atoms. The number of aliphatic hydroxyl groups is 1. The molecule has 0 heterocycles.